The Morgan fingerprint density at radius 1 is 1.04 bits per heavy atom. The van der Waals surface area contributed by atoms with Gasteiger partial charge in [0.25, 0.3) is 0 Å². The molecule has 2 nitrogen and oxygen atoms in total. The van der Waals surface area contributed by atoms with Crippen molar-refractivity contribution in [1.82, 2.24) is 5.32 Å². The van der Waals surface area contributed by atoms with Crippen LogP contribution in [0.1, 0.15) is 43.0 Å². The lowest BCUT2D eigenvalue weighted by molar-refractivity contribution is -0.117. The van der Waals surface area contributed by atoms with Gasteiger partial charge in [0.15, 0.2) is 0 Å². The summed E-state index contributed by atoms with van der Waals surface area (Å²) in [5, 5.41) is 3.12. The summed E-state index contributed by atoms with van der Waals surface area (Å²) in [6, 6.07) is 18.3. The van der Waals surface area contributed by atoms with Crippen LogP contribution in [-0.2, 0) is 4.79 Å². The second-order valence-corrected chi connectivity index (χ2v) is 6.35. The molecule has 0 saturated carbocycles. The van der Waals surface area contributed by atoms with E-state index in [4.69, 9.17) is 0 Å². The highest BCUT2D eigenvalue weighted by Crippen LogP contribution is 2.21. The van der Waals surface area contributed by atoms with E-state index in [1.165, 1.54) is 5.56 Å². The monoisotopic (exact) mass is 307 g/mol. The lowest BCUT2D eigenvalue weighted by Crippen LogP contribution is -2.27. The number of aryl methyl sites for hydroxylation is 1. The maximum Gasteiger partial charge on any atom is 0.244 e. The highest BCUT2D eigenvalue weighted by molar-refractivity contribution is 5.92. The summed E-state index contributed by atoms with van der Waals surface area (Å²) in [5.41, 5.74) is 3.40. The van der Waals surface area contributed by atoms with Gasteiger partial charge in [0.05, 0.1) is 6.04 Å². The first-order valence-corrected chi connectivity index (χ1v) is 8.15. The van der Waals surface area contributed by atoms with Gasteiger partial charge in [0.1, 0.15) is 0 Å². The molecule has 2 aromatic rings. The molecule has 0 unspecified atom stereocenters. The molecule has 120 valence electrons. The van der Waals surface area contributed by atoms with Gasteiger partial charge in [-0.2, -0.15) is 0 Å². The predicted molar refractivity (Wildman–Crippen MR) is 97.0 cm³/mol. The number of benzene rings is 2. The molecule has 2 rings (SSSR count). The van der Waals surface area contributed by atoms with Gasteiger partial charge >= 0.3 is 0 Å². The minimum atomic E-state index is -0.0555. The van der Waals surface area contributed by atoms with Crippen molar-refractivity contribution in [2.75, 3.05) is 0 Å². The van der Waals surface area contributed by atoms with Crippen molar-refractivity contribution < 1.29 is 4.79 Å². The molecule has 2 aromatic carbocycles. The quantitative estimate of drug-likeness (QED) is 0.755. The van der Waals surface area contributed by atoms with E-state index < -0.39 is 0 Å². The van der Waals surface area contributed by atoms with Crippen LogP contribution in [-0.4, -0.2) is 5.91 Å². The Balaban J connectivity index is 2.04. The standard InChI is InChI=1S/C21H25NO/c1-16(2)15-20(19-7-5-4-6-8-19)22-21(23)14-13-18-11-9-17(3)10-12-18/h4-14,16,20H,15H2,1-3H3,(H,22,23)/b14-13+/t20-/m1/s1. The third kappa shape index (κ3) is 5.74. The van der Waals surface area contributed by atoms with E-state index >= 15 is 0 Å². The maximum atomic E-state index is 12.3. The molecule has 0 heterocycles. The van der Waals surface area contributed by atoms with Gasteiger partial charge in [-0.1, -0.05) is 74.0 Å². The van der Waals surface area contributed by atoms with Gasteiger partial charge in [-0.3, -0.25) is 4.79 Å². The molecular formula is C21H25NO. The van der Waals surface area contributed by atoms with Crippen molar-refractivity contribution in [1.29, 1.82) is 0 Å². The smallest absolute Gasteiger partial charge is 0.244 e. The van der Waals surface area contributed by atoms with Crippen LogP contribution in [0.4, 0.5) is 0 Å². The van der Waals surface area contributed by atoms with Crippen LogP contribution in [0.5, 0.6) is 0 Å². The topological polar surface area (TPSA) is 29.1 Å². The Morgan fingerprint density at radius 2 is 1.70 bits per heavy atom. The first kappa shape index (κ1) is 17.0. The molecular weight excluding hydrogens is 282 g/mol. The Morgan fingerprint density at radius 3 is 2.30 bits per heavy atom. The summed E-state index contributed by atoms with van der Waals surface area (Å²) >= 11 is 0. The van der Waals surface area contributed by atoms with Crippen LogP contribution in [0.3, 0.4) is 0 Å². The Hall–Kier alpha value is -2.35. The summed E-state index contributed by atoms with van der Waals surface area (Å²) in [5.74, 6) is 0.460. The second-order valence-electron chi connectivity index (χ2n) is 6.35. The van der Waals surface area contributed by atoms with Gasteiger partial charge in [-0.15, -0.1) is 0 Å². The summed E-state index contributed by atoms with van der Waals surface area (Å²) in [7, 11) is 0. The highest BCUT2D eigenvalue weighted by Gasteiger charge is 2.14. The number of amides is 1. The fraction of sp³-hybridized carbons (Fsp3) is 0.286. The summed E-state index contributed by atoms with van der Waals surface area (Å²) in [4.78, 5) is 12.3. The van der Waals surface area contributed by atoms with Crippen LogP contribution >= 0.6 is 0 Å². The molecule has 0 aliphatic heterocycles. The van der Waals surface area contributed by atoms with E-state index in [2.05, 4.69) is 38.2 Å². The lowest BCUT2D eigenvalue weighted by atomic mass is 9.97. The fourth-order valence-electron chi connectivity index (χ4n) is 2.50. The largest absolute Gasteiger partial charge is 0.346 e. The number of hydrogen-bond acceptors (Lipinski definition) is 1. The lowest BCUT2D eigenvalue weighted by Gasteiger charge is -2.20. The van der Waals surface area contributed by atoms with E-state index in [9.17, 15) is 4.79 Å². The predicted octanol–water partition coefficient (Wildman–Crippen LogP) is 4.91. The molecule has 0 fully saturated rings. The van der Waals surface area contributed by atoms with Crippen molar-refractivity contribution in [2.24, 2.45) is 5.92 Å². The molecule has 0 aromatic heterocycles. The Labute approximate surface area is 139 Å². The molecule has 0 aliphatic rings. The Bertz CT molecular complexity index is 641. The van der Waals surface area contributed by atoms with Crippen molar-refractivity contribution in [3.05, 3.63) is 77.4 Å². The molecule has 0 radical (unpaired) electrons. The van der Waals surface area contributed by atoms with Gasteiger partial charge in [0, 0.05) is 6.08 Å². The van der Waals surface area contributed by atoms with E-state index in [0.717, 1.165) is 17.5 Å². The number of nitrogens with one attached hydrogen (secondary N) is 1. The van der Waals surface area contributed by atoms with Crippen LogP contribution in [0.15, 0.2) is 60.7 Å². The summed E-state index contributed by atoms with van der Waals surface area (Å²) < 4.78 is 0. The number of carbonyl (C=O) groups excluding carboxylic acids is 1. The number of hydrogen-bond donors (Lipinski definition) is 1. The zero-order valence-electron chi connectivity index (χ0n) is 14.1. The second kappa shape index (κ2) is 8.33. The van der Waals surface area contributed by atoms with Crippen LogP contribution in [0.2, 0.25) is 0 Å². The van der Waals surface area contributed by atoms with Crippen molar-refractivity contribution in [2.45, 2.75) is 33.2 Å². The molecule has 1 amide bonds. The third-order valence-corrected chi connectivity index (χ3v) is 3.73. The van der Waals surface area contributed by atoms with E-state index in [1.54, 1.807) is 6.08 Å². The molecule has 1 N–H and O–H groups in total. The summed E-state index contributed by atoms with van der Waals surface area (Å²) in [6.07, 6.45) is 4.39. The van der Waals surface area contributed by atoms with Gasteiger partial charge in [-0.05, 0) is 36.5 Å². The molecule has 0 saturated heterocycles. The van der Waals surface area contributed by atoms with Crippen LogP contribution < -0.4 is 5.32 Å². The van der Waals surface area contributed by atoms with Crippen LogP contribution in [0, 0.1) is 12.8 Å². The van der Waals surface area contributed by atoms with Gasteiger partial charge < -0.3 is 5.32 Å². The highest BCUT2D eigenvalue weighted by atomic mass is 16.1. The molecule has 2 heteroatoms. The zero-order valence-corrected chi connectivity index (χ0v) is 14.1. The SMILES string of the molecule is Cc1ccc(/C=C/C(=O)N[C@H](CC(C)C)c2ccccc2)cc1. The molecule has 0 spiro atoms. The molecule has 23 heavy (non-hydrogen) atoms. The number of carbonyl (C=O) groups is 1. The van der Waals surface area contributed by atoms with E-state index in [0.29, 0.717) is 5.92 Å². The molecule has 0 bridgehead atoms. The maximum absolute atomic E-state index is 12.3. The van der Waals surface area contributed by atoms with Crippen molar-refractivity contribution >= 4 is 12.0 Å². The zero-order chi connectivity index (χ0) is 16.7. The minimum absolute atomic E-state index is 0.0476. The van der Waals surface area contributed by atoms with Crippen LogP contribution in [0.25, 0.3) is 6.08 Å². The first-order chi connectivity index (χ1) is 11.0. The average molecular weight is 307 g/mol. The summed E-state index contributed by atoms with van der Waals surface area (Å²) in [6.45, 7) is 6.39. The van der Waals surface area contributed by atoms with Gasteiger partial charge in [0.2, 0.25) is 5.91 Å². The number of rotatable bonds is 6. The van der Waals surface area contributed by atoms with Crippen molar-refractivity contribution in [3.63, 3.8) is 0 Å². The third-order valence-electron chi connectivity index (χ3n) is 3.73. The Kier molecular flexibility index (Phi) is 6.16. The van der Waals surface area contributed by atoms with E-state index in [-0.39, 0.29) is 11.9 Å². The van der Waals surface area contributed by atoms with Gasteiger partial charge in [-0.25, -0.2) is 0 Å². The first-order valence-electron chi connectivity index (χ1n) is 8.15. The van der Waals surface area contributed by atoms with Crippen molar-refractivity contribution in [3.8, 4) is 0 Å². The van der Waals surface area contributed by atoms with E-state index in [1.807, 2.05) is 48.5 Å². The normalized spacial score (nSPS) is 12.5. The molecule has 1 atom stereocenters. The molecule has 0 aliphatic carbocycles. The fourth-order valence-corrected chi connectivity index (χ4v) is 2.50. The minimum Gasteiger partial charge on any atom is -0.346 e. The average Bonchev–Trinajstić information content (AvgIpc) is 2.54.